The molecule has 324 valence electrons. The molecular weight excluding hydrogens is 752 g/mol. The first-order valence-corrected chi connectivity index (χ1v) is 20.8. The van der Waals surface area contributed by atoms with E-state index in [1.54, 1.807) is 6.92 Å². The number of cyclic esters (lactones) is 1. The fraction of sp³-hybridized carbons (Fsp3) is 0.925. The molecule has 23 atom stereocenters. The molecule has 4 heterocycles. The Hall–Kier alpha value is -1.39. The number of aliphatic hydroxyl groups excluding tert-OH is 8. The van der Waals surface area contributed by atoms with Gasteiger partial charge >= 0.3 is 5.97 Å². The van der Waals surface area contributed by atoms with Crippen LogP contribution in [0.25, 0.3) is 0 Å². The average Bonchev–Trinajstić information content (AvgIpc) is 3.65. The lowest BCUT2D eigenvalue weighted by Crippen LogP contribution is -2.65. The molecule has 23 unspecified atom stereocenters. The Labute approximate surface area is 331 Å². The highest BCUT2D eigenvalue weighted by Gasteiger charge is 2.74. The minimum Gasteiger partial charge on any atom is -0.458 e. The Morgan fingerprint density at radius 1 is 0.737 bits per heavy atom. The van der Waals surface area contributed by atoms with Crippen molar-refractivity contribution >= 4 is 5.97 Å². The first-order chi connectivity index (χ1) is 26.9. The Kier molecular flexibility index (Phi) is 11.5. The van der Waals surface area contributed by atoms with Crippen LogP contribution in [0.5, 0.6) is 0 Å². The quantitative estimate of drug-likeness (QED) is 0.107. The van der Waals surface area contributed by atoms with Crippen LogP contribution in [0.4, 0.5) is 0 Å². The number of hydrogen-bond acceptors (Lipinski definition) is 17. The fourth-order valence-corrected chi connectivity index (χ4v) is 12.6. The number of carbonyl (C=O) groups is 1. The van der Waals surface area contributed by atoms with E-state index in [4.69, 9.17) is 33.2 Å². The van der Waals surface area contributed by atoms with Crippen molar-refractivity contribution < 1.29 is 83.9 Å². The monoisotopic (exact) mass is 814 g/mol. The molecule has 8 rings (SSSR count). The van der Waals surface area contributed by atoms with Crippen LogP contribution in [0.15, 0.2) is 11.6 Å². The first-order valence-electron chi connectivity index (χ1n) is 20.8. The standard InChI is InChI=1S/C40H62O17/c1-16-28(43)31(46)33(48)37(54-16)56-24-15-52-36(32(47)29(24)44)57-34-17(2)53-26(13-23(34)41)55-20-7-9-38(3)19(12-20)5-6-22-21(38)8-10-39(4)27(18-11-25(42)51-14-18)30(45)35(49)40(22,39)50/h11,16-17,19-24,26-37,41,43-50H,5-10,12-15H2,1-4H3. The second kappa shape index (κ2) is 15.5. The number of carbonyl (C=O) groups excluding carboxylic acids is 1. The summed E-state index contributed by atoms with van der Waals surface area (Å²) in [7, 11) is 0. The Morgan fingerprint density at radius 2 is 1.47 bits per heavy atom. The molecule has 4 saturated carbocycles. The molecule has 0 radical (unpaired) electrons. The summed E-state index contributed by atoms with van der Waals surface area (Å²) in [4.78, 5) is 12.0. The zero-order chi connectivity index (χ0) is 40.9. The predicted molar refractivity (Wildman–Crippen MR) is 192 cm³/mol. The van der Waals surface area contributed by atoms with Crippen molar-refractivity contribution in [1.29, 1.82) is 0 Å². The van der Waals surface area contributed by atoms with Gasteiger partial charge < -0.3 is 79.1 Å². The Bertz CT molecular complexity index is 1500. The summed E-state index contributed by atoms with van der Waals surface area (Å²) >= 11 is 0. The van der Waals surface area contributed by atoms with Crippen molar-refractivity contribution in [1.82, 2.24) is 0 Å². The highest BCUT2D eigenvalue weighted by Crippen LogP contribution is 2.70. The second-order valence-electron chi connectivity index (χ2n) is 18.8. The van der Waals surface area contributed by atoms with Gasteiger partial charge in [0.1, 0.15) is 61.0 Å². The van der Waals surface area contributed by atoms with Crippen LogP contribution < -0.4 is 0 Å². The van der Waals surface area contributed by atoms with Crippen molar-refractivity contribution in [3.05, 3.63) is 11.6 Å². The van der Waals surface area contributed by atoms with Gasteiger partial charge in [0.25, 0.3) is 0 Å². The van der Waals surface area contributed by atoms with Gasteiger partial charge in [0.05, 0.1) is 37.1 Å². The minimum atomic E-state index is -1.61. The average molecular weight is 815 g/mol. The van der Waals surface area contributed by atoms with Gasteiger partial charge in [0.15, 0.2) is 18.9 Å². The van der Waals surface area contributed by atoms with Crippen LogP contribution in [0.1, 0.15) is 79.1 Å². The number of aliphatic hydroxyl groups is 9. The summed E-state index contributed by atoms with van der Waals surface area (Å²) in [6.45, 7) is 7.25. The number of hydrogen-bond donors (Lipinski definition) is 9. The van der Waals surface area contributed by atoms with E-state index in [2.05, 4.69) is 6.92 Å². The number of rotatable bonds is 7. The van der Waals surface area contributed by atoms with Crippen LogP contribution in [0, 0.1) is 34.5 Å². The van der Waals surface area contributed by atoms with E-state index in [-0.39, 0.29) is 48.9 Å². The molecule has 9 N–H and O–H groups in total. The topological polar surface area (TPSA) is 264 Å². The van der Waals surface area contributed by atoms with Gasteiger partial charge in [-0.15, -0.1) is 0 Å². The summed E-state index contributed by atoms with van der Waals surface area (Å²) in [5.41, 5.74) is -1.85. The molecule has 0 spiro atoms. The van der Waals surface area contributed by atoms with E-state index in [0.29, 0.717) is 18.4 Å². The van der Waals surface area contributed by atoms with Gasteiger partial charge in [0.2, 0.25) is 0 Å². The van der Waals surface area contributed by atoms with Crippen molar-refractivity contribution in [2.75, 3.05) is 13.2 Å². The summed E-state index contributed by atoms with van der Waals surface area (Å²) < 4.78 is 40.6. The van der Waals surface area contributed by atoms with Crippen molar-refractivity contribution in [3.8, 4) is 0 Å². The Balaban J connectivity index is 0.846. The van der Waals surface area contributed by atoms with Crippen LogP contribution in [0.2, 0.25) is 0 Å². The van der Waals surface area contributed by atoms with Crippen molar-refractivity contribution in [2.24, 2.45) is 34.5 Å². The third-order valence-corrected chi connectivity index (χ3v) is 15.8. The zero-order valence-corrected chi connectivity index (χ0v) is 33.0. The van der Waals surface area contributed by atoms with Crippen LogP contribution in [-0.2, 0) is 38.0 Å². The maximum absolute atomic E-state index is 12.6. The first kappa shape index (κ1) is 42.3. The van der Waals surface area contributed by atoms with Gasteiger partial charge in [-0.1, -0.05) is 13.8 Å². The molecule has 17 heteroatoms. The Morgan fingerprint density at radius 3 is 2.18 bits per heavy atom. The molecule has 8 aliphatic rings. The fourth-order valence-electron chi connectivity index (χ4n) is 12.6. The van der Waals surface area contributed by atoms with Gasteiger partial charge in [-0.2, -0.15) is 0 Å². The van der Waals surface area contributed by atoms with E-state index in [9.17, 15) is 50.8 Å². The molecular formula is C40H62O17. The molecule has 4 aliphatic carbocycles. The molecule has 0 aromatic carbocycles. The second-order valence-corrected chi connectivity index (χ2v) is 18.8. The SMILES string of the molecule is CC1OC(OC2COC(OC3C(O)CC(OC4CCC5(C)C(CCC6C5CCC5(C)C(C7=CC(=O)OC7)C(O)C(O)C65O)C4)OC3C)C(O)C2O)C(O)C(O)C1O. The number of ether oxygens (including phenoxy) is 7. The third kappa shape index (κ3) is 6.84. The molecule has 17 nitrogen and oxygen atoms in total. The largest absolute Gasteiger partial charge is 0.458 e. The van der Waals surface area contributed by atoms with Gasteiger partial charge in [-0.05, 0) is 87.5 Å². The lowest BCUT2D eigenvalue weighted by molar-refractivity contribution is -0.354. The maximum atomic E-state index is 12.6. The molecule has 0 bridgehead atoms. The normalized spacial score (nSPS) is 56.6. The van der Waals surface area contributed by atoms with Gasteiger partial charge in [0, 0.05) is 23.8 Å². The molecule has 4 aliphatic heterocycles. The smallest absolute Gasteiger partial charge is 0.331 e. The summed E-state index contributed by atoms with van der Waals surface area (Å²) in [5.74, 6) is -0.865. The molecule has 0 amide bonds. The molecule has 7 fully saturated rings. The van der Waals surface area contributed by atoms with Gasteiger partial charge in [-0.3, -0.25) is 0 Å². The third-order valence-electron chi connectivity index (χ3n) is 15.8. The molecule has 0 aromatic rings. The lowest BCUT2D eigenvalue weighted by Gasteiger charge is -2.64. The minimum absolute atomic E-state index is 0.0613. The maximum Gasteiger partial charge on any atom is 0.331 e. The van der Waals surface area contributed by atoms with E-state index in [1.165, 1.54) is 13.0 Å². The van der Waals surface area contributed by atoms with E-state index < -0.39 is 115 Å². The summed E-state index contributed by atoms with van der Waals surface area (Å²) in [5, 5.41) is 98.8. The van der Waals surface area contributed by atoms with Crippen molar-refractivity contribution in [3.63, 3.8) is 0 Å². The molecule has 3 saturated heterocycles. The van der Waals surface area contributed by atoms with Crippen molar-refractivity contribution in [2.45, 2.75) is 183 Å². The van der Waals surface area contributed by atoms with Crippen LogP contribution in [-0.4, -0.2) is 169 Å². The summed E-state index contributed by atoms with van der Waals surface area (Å²) in [6, 6.07) is 0. The van der Waals surface area contributed by atoms with E-state index in [1.807, 2.05) is 6.92 Å². The van der Waals surface area contributed by atoms with Crippen LogP contribution >= 0.6 is 0 Å². The van der Waals surface area contributed by atoms with E-state index in [0.717, 1.165) is 32.1 Å². The lowest BCUT2D eigenvalue weighted by atomic mass is 9.43. The predicted octanol–water partition coefficient (Wildman–Crippen LogP) is -1.26. The number of esters is 1. The summed E-state index contributed by atoms with van der Waals surface area (Å²) in [6.07, 6.45) is -11.7. The molecule has 0 aromatic heterocycles. The highest BCUT2D eigenvalue weighted by atomic mass is 16.7. The zero-order valence-electron chi connectivity index (χ0n) is 33.0. The van der Waals surface area contributed by atoms with Gasteiger partial charge in [-0.25, -0.2) is 4.79 Å². The number of fused-ring (bicyclic) bond motifs is 5. The van der Waals surface area contributed by atoms with E-state index >= 15 is 0 Å². The molecule has 57 heavy (non-hydrogen) atoms. The van der Waals surface area contributed by atoms with Crippen LogP contribution in [0.3, 0.4) is 0 Å². The highest BCUT2D eigenvalue weighted by molar-refractivity contribution is 5.85.